The van der Waals surface area contributed by atoms with Crippen LogP contribution in [-0.4, -0.2) is 13.7 Å². The van der Waals surface area contributed by atoms with Crippen LogP contribution in [0.1, 0.15) is 44.1 Å². The van der Waals surface area contributed by atoms with Crippen LogP contribution in [0.2, 0.25) is 0 Å². The van der Waals surface area contributed by atoms with Gasteiger partial charge in [-0.2, -0.15) is 0 Å². The van der Waals surface area contributed by atoms with Crippen molar-refractivity contribution in [1.82, 2.24) is 0 Å². The third kappa shape index (κ3) is 1.74. The maximum atomic E-state index is 5.98. The van der Waals surface area contributed by atoms with Crippen LogP contribution in [0, 0.1) is 5.41 Å². The van der Waals surface area contributed by atoms with Gasteiger partial charge in [0.05, 0.1) is 7.11 Å². The van der Waals surface area contributed by atoms with Crippen LogP contribution in [0.5, 0.6) is 5.75 Å². The molecule has 1 aromatic rings. The fraction of sp³-hybridized carbons (Fsp3) is 0.625. The van der Waals surface area contributed by atoms with Crippen LogP contribution in [0.3, 0.4) is 0 Å². The first-order valence-corrected chi connectivity index (χ1v) is 7.07. The molecule has 0 radical (unpaired) electrons. The summed E-state index contributed by atoms with van der Waals surface area (Å²) in [6.07, 6.45) is 7.89. The molecule has 3 aliphatic rings. The molecule has 2 heteroatoms. The van der Waals surface area contributed by atoms with E-state index in [0.29, 0.717) is 10.8 Å². The zero-order valence-corrected chi connectivity index (χ0v) is 11.2. The van der Waals surface area contributed by atoms with Crippen LogP contribution in [-0.2, 0) is 5.41 Å². The predicted octanol–water partition coefficient (Wildman–Crippen LogP) is 3.25. The molecule has 0 unspecified atom stereocenters. The topological polar surface area (TPSA) is 35.2 Å². The summed E-state index contributed by atoms with van der Waals surface area (Å²) in [5.41, 5.74) is 8.40. The van der Waals surface area contributed by atoms with Gasteiger partial charge in [-0.05, 0) is 73.6 Å². The molecule has 3 fully saturated rings. The Morgan fingerprint density at radius 3 is 2.00 bits per heavy atom. The van der Waals surface area contributed by atoms with Crippen molar-refractivity contribution in [1.29, 1.82) is 0 Å². The van der Waals surface area contributed by atoms with Crippen molar-refractivity contribution >= 4 is 0 Å². The summed E-state index contributed by atoms with van der Waals surface area (Å²) in [6, 6.07) is 8.73. The molecule has 3 aliphatic carbocycles. The second-order valence-electron chi connectivity index (χ2n) is 6.21. The van der Waals surface area contributed by atoms with Gasteiger partial charge in [-0.1, -0.05) is 12.1 Å². The standard InChI is InChI=1S/C16H23NO/c1-18-14-4-2-13(3-5-14)16-9-6-15(12-17,7-10-16)8-11-16/h2-5H,6-12,17H2,1H3. The van der Waals surface area contributed by atoms with Gasteiger partial charge in [0.1, 0.15) is 5.75 Å². The molecular formula is C16H23NO. The largest absolute Gasteiger partial charge is 0.497 e. The molecule has 4 rings (SSSR count). The van der Waals surface area contributed by atoms with E-state index in [-0.39, 0.29) is 0 Å². The van der Waals surface area contributed by atoms with Crippen molar-refractivity contribution in [2.45, 2.75) is 43.9 Å². The van der Waals surface area contributed by atoms with Crippen LogP contribution in [0.25, 0.3) is 0 Å². The monoisotopic (exact) mass is 245 g/mol. The first kappa shape index (κ1) is 12.0. The average molecular weight is 245 g/mol. The van der Waals surface area contributed by atoms with E-state index in [1.807, 2.05) is 0 Å². The number of hydrogen-bond donors (Lipinski definition) is 1. The minimum absolute atomic E-state index is 0.434. The predicted molar refractivity (Wildman–Crippen MR) is 73.9 cm³/mol. The van der Waals surface area contributed by atoms with E-state index in [2.05, 4.69) is 24.3 Å². The Balaban J connectivity index is 1.84. The lowest BCUT2D eigenvalue weighted by Crippen LogP contribution is -2.47. The number of benzene rings is 1. The van der Waals surface area contributed by atoms with Gasteiger partial charge in [-0.3, -0.25) is 0 Å². The number of methoxy groups -OCH3 is 1. The number of nitrogens with two attached hydrogens (primary N) is 1. The molecule has 0 saturated heterocycles. The SMILES string of the molecule is COc1ccc(C23CCC(CN)(CC2)CC3)cc1. The summed E-state index contributed by atoms with van der Waals surface area (Å²) in [7, 11) is 1.73. The van der Waals surface area contributed by atoms with E-state index in [0.717, 1.165) is 12.3 Å². The maximum Gasteiger partial charge on any atom is 0.118 e. The number of rotatable bonds is 3. The molecule has 1 aromatic carbocycles. The van der Waals surface area contributed by atoms with Gasteiger partial charge in [0.25, 0.3) is 0 Å². The number of hydrogen-bond acceptors (Lipinski definition) is 2. The Labute approximate surface area is 110 Å². The van der Waals surface area contributed by atoms with Gasteiger partial charge < -0.3 is 10.5 Å². The smallest absolute Gasteiger partial charge is 0.118 e. The minimum atomic E-state index is 0.434. The van der Waals surface area contributed by atoms with Crippen LogP contribution in [0.4, 0.5) is 0 Å². The highest BCUT2D eigenvalue weighted by Crippen LogP contribution is 2.57. The minimum Gasteiger partial charge on any atom is -0.497 e. The lowest BCUT2D eigenvalue weighted by Gasteiger charge is -2.53. The second kappa shape index (κ2) is 4.27. The lowest BCUT2D eigenvalue weighted by molar-refractivity contribution is 0.0471. The molecule has 0 aliphatic heterocycles. The van der Waals surface area contributed by atoms with E-state index in [1.165, 1.54) is 44.1 Å². The molecule has 2 N–H and O–H groups in total. The van der Waals surface area contributed by atoms with E-state index in [1.54, 1.807) is 7.11 Å². The fourth-order valence-corrected chi connectivity index (χ4v) is 3.95. The summed E-state index contributed by atoms with van der Waals surface area (Å²) in [4.78, 5) is 0. The molecule has 2 nitrogen and oxygen atoms in total. The van der Waals surface area contributed by atoms with Gasteiger partial charge in [-0.15, -0.1) is 0 Å². The zero-order valence-electron chi connectivity index (χ0n) is 11.2. The molecule has 0 aromatic heterocycles. The first-order valence-electron chi connectivity index (χ1n) is 7.07. The Morgan fingerprint density at radius 1 is 1.00 bits per heavy atom. The average Bonchev–Trinajstić information content (AvgIpc) is 2.49. The van der Waals surface area contributed by atoms with Crippen molar-refractivity contribution in [3.63, 3.8) is 0 Å². The molecule has 0 spiro atoms. The Morgan fingerprint density at radius 2 is 1.56 bits per heavy atom. The van der Waals surface area contributed by atoms with E-state index in [9.17, 15) is 0 Å². The quantitative estimate of drug-likeness (QED) is 0.887. The summed E-state index contributed by atoms with van der Waals surface area (Å²) in [6.45, 7) is 0.881. The van der Waals surface area contributed by atoms with Crippen molar-refractivity contribution in [3.05, 3.63) is 29.8 Å². The Bertz CT molecular complexity index is 399. The second-order valence-corrected chi connectivity index (χ2v) is 6.21. The normalized spacial score (nSPS) is 34.6. The fourth-order valence-electron chi connectivity index (χ4n) is 3.95. The van der Waals surface area contributed by atoms with Crippen molar-refractivity contribution in [2.75, 3.05) is 13.7 Å². The summed E-state index contributed by atoms with van der Waals surface area (Å²) < 4.78 is 5.25. The van der Waals surface area contributed by atoms with E-state index < -0.39 is 0 Å². The molecule has 0 heterocycles. The van der Waals surface area contributed by atoms with E-state index >= 15 is 0 Å². The van der Waals surface area contributed by atoms with Gasteiger partial charge in [-0.25, -0.2) is 0 Å². The highest BCUT2D eigenvalue weighted by molar-refractivity contribution is 5.34. The molecule has 98 valence electrons. The van der Waals surface area contributed by atoms with Gasteiger partial charge in [0.2, 0.25) is 0 Å². The molecule has 0 amide bonds. The van der Waals surface area contributed by atoms with Crippen LogP contribution in [0.15, 0.2) is 24.3 Å². The molecule has 18 heavy (non-hydrogen) atoms. The van der Waals surface area contributed by atoms with Crippen molar-refractivity contribution in [3.8, 4) is 5.75 Å². The van der Waals surface area contributed by atoms with Gasteiger partial charge >= 0.3 is 0 Å². The van der Waals surface area contributed by atoms with E-state index in [4.69, 9.17) is 10.5 Å². The summed E-state index contributed by atoms with van der Waals surface area (Å²) >= 11 is 0. The maximum absolute atomic E-state index is 5.98. The third-order valence-electron chi connectivity index (χ3n) is 5.54. The van der Waals surface area contributed by atoms with Gasteiger partial charge in [0.15, 0.2) is 0 Å². The Kier molecular flexibility index (Phi) is 2.86. The molecule has 0 atom stereocenters. The number of ether oxygens (including phenoxy) is 1. The Hall–Kier alpha value is -1.02. The summed E-state index contributed by atoms with van der Waals surface area (Å²) in [5.74, 6) is 0.957. The zero-order chi connectivity index (χ0) is 12.6. The third-order valence-corrected chi connectivity index (χ3v) is 5.54. The summed E-state index contributed by atoms with van der Waals surface area (Å²) in [5, 5.41) is 0. The molecule has 2 bridgehead atoms. The number of fused-ring (bicyclic) bond motifs is 3. The highest BCUT2D eigenvalue weighted by Gasteiger charge is 2.48. The molecule has 3 saturated carbocycles. The highest BCUT2D eigenvalue weighted by atomic mass is 16.5. The van der Waals surface area contributed by atoms with Crippen LogP contribution >= 0.6 is 0 Å². The van der Waals surface area contributed by atoms with Gasteiger partial charge in [0, 0.05) is 0 Å². The first-order chi connectivity index (χ1) is 8.72. The van der Waals surface area contributed by atoms with Crippen molar-refractivity contribution < 1.29 is 4.74 Å². The molecular weight excluding hydrogens is 222 g/mol. The lowest BCUT2D eigenvalue weighted by atomic mass is 9.52. The van der Waals surface area contributed by atoms with Crippen molar-refractivity contribution in [2.24, 2.45) is 11.1 Å². The van der Waals surface area contributed by atoms with Crippen LogP contribution < -0.4 is 10.5 Å².